The van der Waals surface area contributed by atoms with Crippen LogP contribution in [0.3, 0.4) is 0 Å². The number of ether oxygens (including phenoxy) is 2. The molecule has 0 N–H and O–H groups in total. The summed E-state index contributed by atoms with van der Waals surface area (Å²) in [7, 11) is 1.46. The lowest BCUT2D eigenvalue weighted by atomic mass is 10.2. The van der Waals surface area contributed by atoms with Crippen LogP contribution >= 0.6 is 11.6 Å². The maximum Gasteiger partial charge on any atom is 0.133 e. The van der Waals surface area contributed by atoms with E-state index in [1.807, 2.05) is 0 Å². The summed E-state index contributed by atoms with van der Waals surface area (Å²) in [6.07, 6.45) is 0. The molecule has 0 heterocycles. The van der Waals surface area contributed by atoms with E-state index in [0.717, 1.165) is 0 Å². The van der Waals surface area contributed by atoms with Crippen LogP contribution in [0.2, 0.25) is 0 Å². The third-order valence-corrected chi connectivity index (χ3v) is 3.05. The highest BCUT2D eigenvalue weighted by atomic mass is 35.5. The van der Waals surface area contributed by atoms with E-state index in [-0.39, 0.29) is 12.5 Å². The number of halogens is 3. The van der Waals surface area contributed by atoms with Gasteiger partial charge in [0.25, 0.3) is 0 Å². The minimum atomic E-state index is -0.437. The molecule has 0 aliphatic carbocycles. The zero-order valence-electron chi connectivity index (χ0n) is 10.8. The average molecular weight is 299 g/mol. The topological polar surface area (TPSA) is 18.5 Å². The molecule has 0 amide bonds. The third kappa shape index (κ3) is 3.61. The van der Waals surface area contributed by atoms with Gasteiger partial charge in [0, 0.05) is 23.6 Å². The molecule has 2 rings (SSSR count). The standard InChI is InChI=1S/C15H13ClF2O2/c1-19-13-3-2-11(15(18)7-13)9-20-14-5-10(8-16)4-12(17)6-14/h2-7H,8-9H2,1H3. The second-order valence-electron chi connectivity index (χ2n) is 4.17. The highest BCUT2D eigenvalue weighted by Gasteiger charge is 2.06. The Labute approximate surface area is 120 Å². The normalized spacial score (nSPS) is 10.4. The van der Waals surface area contributed by atoms with Crippen LogP contribution in [0.4, 0.5) is 8.78 Å². The number of alkyl halides is 1. The van der Waals surface area contributed by atoms with Crippen molar-refractivity contribution in [1.29, 1.82) is 0 Å². The lowest BCUT2D eigenvalue weighted by Crippen LogP contribution is -2.00. The third-order valence-electron chi connectivity index (χ3n) is 2.74. The first-order valence-electron chi connectivity index (χ1n) is 5.93. The zero-order chi connectivity index (χ0) is 14.5. The Hall–Kier alpha value is -1.81. The zero-order valence-corrected chi connectivity index (χ0v) is 11.6. The average Bonchev–Trinajstić information content (AvgIpc) is 2.45. The summed E-state index contributed by atoms with van der Waals surface area (Å²) >= 11 is 5.65. The van der Waals surface area contributed by atoms with Gasteiger partial charge in [0.05, 0.1) is 7.11 Å². The Bertz CT molecular complexity index is 602. The molecule has 0 bridgehead atoms. The summed E-state index contributed by atoms with van der Waals surface area (Å²) in [6, 6.07) is 8.66. The van der Waals surface area contributed by atoms with Gasteiger partial charge in [-0.25, -0.2) is 8.78 Å². The second kappa shape index (κ2) is 6.57. The Kier molecular flexibility index (Phi) is 4.79. The fraction of sp³-hybridized carbons (Fsp3) is 0.200. The van der Waals surface area contributed by atoms with Crippen molar-refractivity contribution in [2.45, 2.75) is 12.5 Å². The molecule has 0 saturated carbocycles. The first-order valence-corrected chi connectivity index (χ1v) is 6.46. The molecule has 0 spiro atoms. The smallest absolute Gasteiger partial charge is 0.133 e. The Balaban J connectivity index is 2.10. The molecule has 2 nitrogen and oxygen atoms in total. The predicted octanol–water partition coefficient (Wildman–Crippen LogP) is 4.29. The van der Waals surface area contributed by atoms with Crippen molar-refractivity contribution in [2.75, 3.05) is 7.11 Å². The minimum absolute atomic E-state index is 0.000999. The van der Waals surface area contributed by atoms with Crippen LogP contribution in [0, 0.1) is 11.6 Å². The van der Waals surface area contributed by atoms with Gasteiger partial charge in [-0.3, -0.25) is 0 Å². The fourth-order valence-corrected chi connectivity index (χ4v) is 1.87. The molecule has 0 atom stereocenters. The quantitative estimate of drug-likeness (QED) is 0.767. The fourth-order valence-electron chi connectivity index (χ4n) is 1.71. The molecule has 2 aromatic carbocycles. The van der Waals surface area contributed by atoms with Crippen molar-refractivity contribution < 1.29 is 18.3 Å². The Morgan fingerprint density at radius 2 is 1.85 bits per heavy atom. The number of hydrogen-bond donors (Lipinski definition) is 0. The molecule has 0 saturated heterocycles. The van der Waals surface area contributed by atoms with Crippen LogP contribution < -0.4 is 9.47 Å². The molecule has 0 aliphatic rings. The lowest BCUT2D eigenvalue weighted by molar-refractivity contribution is 0.297. The monoisotopic (exact) mass is 298 g/mol. The highest BCUT2D eigenvalue weighted by molar-refractivity contribution is 6.17. The molecule has 20 heavy (non-hydrogen) atoms. The maximum atomic E-state index is 13.7. The molecule has 0 aromatic heterocycles. The molecular weight excluding hydrogens is 286 g/mol. The second-order valence-corrected chi connectivity index (χ2v) is 4.44. The van der Waals surface area contributed by atoms with Crippen molar-refractivity contribution in [1.82, 2.24) is 0 Å². The number of hydrogen-bond acceptors (Lipinski definition) is 2. The maximum absolute atomic E-state index is 13.7. The van der Waals surface area contributed by atoms with E-state index < -0.39 is 11.6 Å². The van der Waals surface area contributed by atoms with Gasteiger partial charge in [0.2, 0.25) is 0 Å². The lowest BCUT2D eigenvalue weighted by Gasteiger charge is -2.09. The van der Waals surface area contributed by atoms with E-state index in [9.17, 15) is 8.78 Å². The van der Waals surface area contributed by atoms with Crippen LogP contribution in [-0.2, 0) is 12.5 Å². The van der Waals surface area contributed by atoms with Gasteiger partial charge in [-0.05, 0) is 29.8 Å². The van der Waals surface area contributed by atoms with Gasteiger partial charge < -0.3 is 9.47 Å². The summed E-state index contributed by atoms with van der Waals surface area (Å²) in [5.41, 5.74) is 0.972. The SMILES string of the molecule is COc1ccc(COc2cc(F)cc(CCl)c2)c(F)c1. The van der Waals surface area contributed by atoms with Gasteiger partial charge in [-0.1, -0.05) is 0 Å². The van der Waals surface area contributed by atoms with Gasteiger partial charge in [-0.2, -0.15) is 0 Å². The van der Waals surface area contributed by atoms with Gasteiger partial charge in [0.15, 0.2) is 0 Å². The van der Waals surface area contributed by atoms with Crippen LogP contribution in [0.15, 0.2) is 36.4 Å². The minimum Gasteiger partial charge on any atom is -0.497 e. The molecule has 0 unspecified atom stereocenters. The van der Waals surface area contributed by atoms with E-state index in [1.54, 1.807) is 18.2 Å². The first kappa shape index (κ1) is 14.6. The van der Waals surface area contributed by atoms with E-state index in [0.29, 0.717) is 22.6 Å². The summed E-state index contributed by atoms with van der Waals surface area (Å²) in [5.74, 6) is 0.0642. The summed E-state index contributed by atoms with van der Waals surface area (Å²) in [6.45, 7) is 0.000999. The van der Waals surface area contributed by atoms with E-state index in [2.05, 4.69) is 0 Å². The van der Waals surface area contributed by atoms with Crippen LogP contribution in [-0.4, -0.2) is 7.11 Å². The molecular formula is C15H13ClF2O2. The van der Waals surface area contributed by atoms with Crippen molar-refractivity contribution in [3.8, 4) is 11.5 Å². The number of benzene rings is 2. The number of methoxy groups -OCH3 is 1. The van der Waals surface area contributed by atoms with E-state index in [4.69, 9.17) is 21.1 Å². The molecule has 5 heteroatoms. The van der Waals surface area contributed by atoms with E-state index >= 15 is 0 Å². The van der Waals surface area contributed by atoms with Crippen LogP contribution in [0.1, 0.15) is 11.1 Å². The van der Waals surface area contributed by atoms with Gasteiger partial charge in [-0.15, -0.1) is 11.6 Å². The molecule has 0 fully saturated rings. The molecule has 106 valence electrons. The molecule has 0 radical (unpaired) electrons. The van der Waals surface area contributed by atoms with Gasteiger partial charge in [0.1, 0.15) is 29.7 Å². The van der Waals surface area contributed by atoms with Crippen molar-refractivity contribution in [3.63, 3.8) is 0 Å². The van der Waals surface area contributed by atoms with Crippen LogP contribution in [0.25, 0.3) is 0 Å². The largest absolute Gasteiger partial charge is 0.497 e. The Morgan fingerprint density at radius 3 is 2.50 bits per heavy atom. The summed E-state index contributed by atoms with van der Waals surface area (Å²) in [5, 5.41) is 0. The van der Waals surface area contributed by atoms with E-state index in [1.165, 1.54) is 25.3 Å². The van der Waals surface area contributed by atoms with Crippen molar-refractivity contribution in [3.05, 3.63) is 59.2 Å². The highest BCUT2D eigenvalue weighted by Crippen LogP contribution is 2.21. The molecule has 2 aromatic rings. The first-order chi connectivity index (χ1) is 9.62. The van der Waals surface area contributed by atoms with Crippen molar-refractivity contribution in [2.24, 2.45) is 0 Å². The number of rotatable bonds is 5. The Morgan fingerprint density at radius 1 is 1.05 bits per heavy atom. The van der Waals surface area contributed by atoms with Gasteiger partial charge >= 0.3 is 0 Å². The van der Waals surface area contributed by atoms with Crippen LogP contribution in [0.5, 0.6) is 11.5 Å². The summed E-state index contributed by atoms with van der Waals surface area (Å²) < 4.78 is 37.3. The molecule has 0 aliphatic heterocycles. The predicted molar refractivity (Wildman–Crippen MR) is 73.2 cm³/mol. The van der Waals surface area contributed by atoms with Crippen molar-refractivity contribution >= 4 is 11.6 Å². The summed E-state index contributed by atoms with van der Waals surface area (Å²) in [4.78, 5) is 0.